The van der Waals surface area contributed by atoms with Gasteiger partial charge in [-0.25, -0.2) is 0 Å². The Labute approximate surface area is 154 Å². The Hall–Kier alpha value is -2.90. The molecular formula is C19H18F3N3O2. The van der Waals surface area contributed by atoms with E-state index in [-0.39, 0.29) is 30.6 Å². The van der Waals surface area contributed by atoms with Gasteiger partial charge in [-0.3, -0.25) is 14.6 Å². The number of benzene rings is 1. The topological polar surface area (TPSA) is 62.3 Å². The molecule has 1 aliphatic heterocycles. The first-order valence-corrected chi connectivity index (χ1v) is 8.48. The van der Waals surface area contributed by atoms with Gasteiger partial charge in [0.25, 0.3) is 5.91 Å². The Balaban J connectivity index is 1.84. The summed E-state index contributed by atoms with van der Waals surface area (Å²) in [5, 5.41) is 2.78. The molecule has 0 saturated carbocycles. The number of hydrogen-bond acceptors (Lipinski definition) is 3. The highest BCUT2D eigenvalue weighted by atomic mass is 19.4. The smallest absolute Gasteiger partial charge is 0.352 e. The predicted octanol–water partition coefficient (Wildman–Crippen LogP) is 3.02. The quantitative estimate of drug-likeness (QED) is 0.871. The van der Waals surface area contributed by atoms with Crippen LogP contribution in [-0.4, -0.2) is 34.3 Å². The van der Waals surface area contributed by atoms with Crippen molar-refractivity contribution >= 4 is 11.8 Å². The van der Waals surface area contributed by atoms with Gasteiger partial charge in [0, 0.05) is 43.5 Å². The van der Waals surface area contributed by atoms with Crippen molar-refractivity contribution in [3.63, 3.8) is 0 Å². The van der Waals surface area contributed by atoms with Crippen LogP contribution >= 0.6 is 0 Å². The van der Waals surface area contributed by atoms with Crippen molar-refractivity contribution in [3.05, 3.63) is 65.5 Å². The van der Waals surface area contributed by atoms with Gasteiger partial charge in [-0.05, 0) is 36.2 Å². The summed E-state index contributed by atoms with van der Waals surface area (Å²) in [6, 6.07) is 7.65. The van der Waals surface area contributed by atoms with Crippen molar-refractivity contribution < 1.29 is 22.8 Å². The summed E-state index contributed by atoms with van der Waals surface area (Å²) in [6.07, 6.45) is -0.370. The fraction of sp³-hybridized carbons (Fsp3) is 0.316. The summed E-state index contributed by atoms with van der Waals surface area (Å²) >= 11 is 0. The highest BCUT2D eigenvalue weighted by Crippen LogP contribution is 2.30. The third-order valence-electron chi connectivity index (χ3n) is 4.35. The van der Waals surface area contributed by atoms with Gasteiger partial charge in [0.05, 0.1) is 5.56 Å². The second kappa shape index (κ2) is 7.77. The van der Waals surface area contributed by atoms with Crippen LogP contribution < -0.4 is 5.32 Å². The molecule has 3 rings (SSSR count). The number of halogens is 3. The number of carbonyl (C=O) groups excluding carboxylic acids is 2. The van der Waals surface area contributed by atoms with Crippen LogP contribution in [0.4, 0.5) is 13.2 Å². The maximum atomic E-state index is 13.0. The molecule has 1 aliphatic rings. The van der Waals surface area contributed by atoms with Crippen LogP contribution in [0.3, 0.4) is 0 Å². The average molecular weight is 377 g/mol. The molecule has 2 amide bonds. The second-order valence-electron chi connectivity index (χ2n) is 6.43. The molecule has 1 atom stereocenters. The Morgan fingerprint density at radius 1 is 1.26 bits per heavy atom. The molecule has 2 heterocycles. The Morgan fingerprint density at radius 2 is 2.07 bits per heavy atom. The number of nitrogens with zero attached hydrogens (tertiary/aromatic N) is 2. The van der Waals surface area contributed by atoms with Crippen molar-refractivity contribution in [1.29, 1.82) is 0 Å². The normalized spacial score (nSPS) is 16.9. The molecule has 8 heteroatoms. The fourth-order valence-electron chi connectivity index (χ4n) is 3.02. The average Bonchev–Trinajstić information content (AvgIpc) is 3.06. The summed E-state index contributed by atoms with van der Waals surface area (Å²) in [6.45, 7) is 0.408. The molecule has 0 spiro atoms. The number of amides is 2. The van der Waals surface area contributed by atoms with Gasteiger partial charge < -0.3 is 10.2 Å². The maximum absolute atomic E-state index is 13.0. The van der Waals surface area contributed by atoms with Crippen molar-refractivity contribution in [3.8, 4) is 0 Å². The minimum Gasteiger partial charge on any atom is -0.352 e. The molecule has 0 radical (unpaired) electrons. The van der Waals surface area contributed by atoms with Crippen LogP contribution in [-0.2, 0) is 17.5 Å². The first kappa shape index (κ1) is 18.9. The number of aromatic nitrogens is 1. The van der Waals surface area contributed by atoms with Crippen LogP contribution in [0.2, 0.25) is 0 Å². The monoisotopic (exact) mass is 377 g/mol. The van der Waals surface area contributed by atoms with Crippen molar-refractivity contribution in [2.24, 2.45) is 0 Å². The third-order valence-corrected chi connectivity index (χ3v) is 4.35. The molecule has 0 unspecified atom stereocenters. The number of pyridine rings is 1. The highest BCUT2D eigenvalue weighted by Gasteiger charge is 2.32. The fourth-order valence-corrected chi connectivity index (χ4v) is 3.02. The zero-order chi connectivity index (χ0) is 19.4. The van der Waals surface area contributed by atoms with E-state index in [9.17, 15) is 22.8 Å². The van der Waals surface area contributed by atoms with E-state index in [0.717, 1.165) is 17.7 Å². The molecule has 1 aromatic carbocycles. The molecule has 1 aromatic heterocycles. The lowest BCUT2D eigenvalue weighted by Crippen LogP contribution is -2.41. The Morgan fingerprint density at radius 3 is 2.70 bits per heavy atom. The number of rotatable bonds is 5. The van der Waals surface area contributed by atoms with E-state index in [4.69, 9.17) is 0 Å². The van der Waals surface area contributed by atoms with Gasteiger partial charge in [0.15, 0.2) is 0 Å². The van der Waals surface area contributed by atoms with E-state index in [0.29, 0.717) is 12.8 Å². The number of nitrogens with one attached hydrogen (secondary N) is 1. The molecule has 1 N–H and O–H groups in total. The lowest BCUT2D eigenvalue weighted by molar-refractivity contribution is -0.137. The van der Waals surface area contributed by atoms with Gasteiger partial charge in [-0.2, -0.15) is 13.2 Å². The summed E-state index contributed by atoms with van der Waals surface area (Å²) in [4.78, 5) is 29.8. The molecule has 2 aromatic rings. The van der Waals surface area contributed by atoms with Gasteiger partial charge in [0.2, 0.25) is 5.91 Å². The van der Waals surface area contributed by atoms with Crippen LogP contribution in [0.25, 0.3) is 0 Å². The summed E-state index contributed by atoms with van der Waals surface area (Å²) < 4.78 is 38.9. The largest absolute Gasteiger partial charge is 0.416 e. The van der Waals surface area contributed by atoms with Gasteiger partial charge in [0.1, 0.15) is 0 Å². The molecule has 1 saturated heterocycles. The Kier molecular flexibility index (Phi) is 5.43. The summed E-state index contributed by atoms with van der Waals surface area (Å²) in [7, 11) is 0. The molecule has 5 nitrogen and oxygen atoms in total. The maximum Gasteiger partial charge on any atom is 0.416 e. The molecule has 0 aliphatic carbocycles. The van der Waals surface area contributed by atoms with Gasteiger partial charge in [-0.15, -0.1) is 0 Å². The zero-order valence-corrected chi connectivity index (χ0v) is 14.4. The summed E-state index contributed by atoms with van der Waals surface area (Å²) in [5.41, 5.74) is -0.163. The van der Waals surface area contributed by atoms with E-state index in [2.05, 4.69) is 10.3 Å². The minimum absolute atomic E-state index is 0.0435. The van der Waals surface area contributed by atoms with Crippen LogP contribution in [0.5, 0.6) is 0 Å². The van der Waals surface area contributed by atoms with Gasteiger partial charge >= 0.3 is 6.18 Å². The molecule has 27 heavy (non-hydrogen) atoms. The number of alkyl halides is 3. The Bertz CT molecular complexity index is 824. The van der Waals surface area contributed by atoms with Crippen LogP contribution in [0.1, 0.15) is 34.3 Å². The van der Waals surface area contributed by atoms with Crippen molar-refractivity contribution in [1.82, 2.24) is 15.2 Å². The number of hydrogen-bond donors (Lipinski definition) is 1. The minimum atomic E-state index is -4.52. The van der Waals surface area contributed by atoms with Crippen molar-refractivity contribution in [2.75, 3.05) is 6.54 Å². The number of carbonyl (C=O) groups is 2. The standard InChI is InChI=1S/C19H18F3N3O2/c20-19(21,22)15-5-1-4-14(9-15)18(27)25(11-13-3-2-8-23-10-13)12-16-6-7-17(26)24-16/h1-5,8-10,16H,6-7,11-12H2,(H,24,26)/t16-/m0/s1. The zero-order valence-electron chi connectivity index (χ0n) is 14.4. The highest BCUT2D eigenvalue weighted by molar-refractivity contribution is 5.94. The lowest BCUT2D eigenvalue weighted by Gasteiger charge is -2.26. The molecule has 0 bridgehead atoms. The predicted molar refractivity (Wildman–Crippen MR) is 91.6 cm³/mol. The van der Waals surface area contributed by atoms with E-state index >= 15 is 0 Å². The van der Waals surface area contributed by atoms with E-state index in [1.54, 1.807) is 24.5 Å². The second-order valence-corrected chi connectivity index (χ2v) is 6.43. The molecule has 142 valence electrons. The molecular weight excluding hydrogens is 359 g/mol. The summed E-state index contributed by atoms with van der Waals surface area (Å²) in [5.74, 6) is -0.612. The molecule has 1 fully saturated rings. The van der Waals surface area contributed by atoms with Crippen LogP contribution in [0, 0.1) is 0 Å². The van der Waals surface area contributed by atoms with E-state index in [1.165, 1.54) is 17.0 Å². The SMILES string of the molecule is O=C1CC[C@@H](CN(Cc2cccnc2)C(=O)c2cccc(C(F)(F)F)c2)N1. The van der Waals surface area contributed by atoms with E-state index < -0.39 is 17.6 Å². The lowest BCUT2D eigenvalue weighted by atomic mass is 10.1. The van der Waals surface area contributed by atoms with E-state index in [1.807, 2.05) is 0 Å². The van der Waals surface area contributed by atoms with Gasteiger partial charge in [-0.1, -0.05) is 12.1 Å². The third kappa shape index (κ3) is 4.84. The van der Waals surface area contributed by atoms with Crippen LogP contribution in [0.15, 0.2) is 48.8 Å². The van der Waals surface area contributed by atoms with Crippen molar-refractivity contribution in [2.45, 2.75) is 31.6 Å². The first-order chi connectivity index (χ1) is 12.8. The first-order valence-electron chi connectivity index (χ1n) is 8.48.